The van der Waals surface area contributed by atoms with Gasteiger partial charge in [0.1, 0.15) is 11.5 Å². The minimum Gasteiger partial charge on any atom is -0.497 e. The summed E-state index contributed by atoms with van der Waals surface area (Å²) in [4.78, 5) is 12.0. The van der Waals surface area contributed by atoms with Crippen LogP contribution in [0.3, 0.4) is 0 Å². The Bertz CT molecular complexity index is 487. The third-order valence-electron chi connectivity index (χ3n) is 3.50. The molecule has 0 fully saturated rings. The molecule has 1 amide bonds. The van der Waals surface area contributed by atoms with E-state index < -0.39 is 11.6 Å². The summed E-state index contributed by atoms with van der Waals surface area (Å²) < 4.78 is 10.3. The summed E-state index contributed by atoms with van der Waals surface area (Å²) in [6.07, 6.45) is 0.531. The maximum atomic E-state index is 12.0. The van der Waals surface area contributed by atoms with Gasteiger partial charge in [-0.2, -0.15) is 0 Å². The Kier molecular flexibility index (Phi) is 8.97. The fourth-order valence-corrected chi connectivity index (χ4v) is 2.16. The number of hydrogen-bond donors (Lipinski definition) is 3. The topological polar surface area (TPSA) is 93.8 Å². The molecule has 6 nitrogen and oxygen atoms in total. The number of methoxy groups -OCH3 is 2. The second-order valence-electron chi connectivity index (χ2n) is 5.54. The van der Waals surface area contributed by atoms with Crippen LogP contribution in [-0.2, 0) is 4.79 Å². The van der Waals surface area contributed by atoms with Gasteiger partial charge >= 0.3 is 0 Å². The van der Waals surface area contributed by atoms with E-state index in [-0.39, 0.29) is 24.9 Å². The van der Waals surface area contributed by atoms with Gasteiger partial charge in [-0.3, -0.25) is 4.79 Å². The largest absolute Gasteiger partial charge is 0.497 e. The smallest absolute Gasteiger partial charge is 0.239 e. The second-order valence-corrected chi connectivity index (χ2v) is 5.54. The standard InChI is InChI=1S/C16H26N2O4.ClH/c1-5-6-16(2,17)15(20)18-10-14(19)11-7-12(21-3)9-13(8-11)22-4;/h7-9,14,19H,5-6,10,17H2,1-4H3,(H,18,20);1H. The van der Waals surface area contributed by atoms with Gasteiger partial charge in [0.2, 0.25) is 5.91 Å². The maximum Gasteiger partial charge on any atom is 0.239 e. The zero-order chi connectivity index (χ0) is 16.8. The van der Waals surface area contributed by atoms with Crippen molar-refractivity contribution in [3.05, 3.63) is 23.8 Å². The Morgan fingerprint density at radius 2 is 1.83 bits per heavy atom. The van der Waals surface area contributed by atoms with Crippen molar-refractivity contribution < 1.29 is 19.4 Å². The zero-order valence-corrected chi connectivity index (χ0v) is 14.9. The van der Waals surface area contributed by atoms with Crippen LogP contribution in [0.1, 0.15) is 38.4 Å². The molecule has 0 bridgehead atoms. The fourth-order valence-electron chi connectivity index (χ4n) is 2.16. The van der Waals surface area contributed by atoms with Gasteiger partial charge in [0.25, 0.3) is 0 Å². The third kappa shape index (κ3) is 6.25. The molecule has 0 saturated carbocycles. The van der Waals surface area contributed by atoms with Gasteiger partial charge in [0, 0.05) is 12.6 Å². The molecule has 0 saturated heterocycles. The number of rotatable bonds is 8. The van der Waals surface area contributed by atoms with Crippen LogP contribution in [0.5, 0.6) is 11.5 Å². The van der Waals surface area contributed by atoms with Crippen LogP contribution in [-0.4, -0.2) is 37.3 Å². The number of hydrogen-bond acceptors (Lipinski definition) is 5. The molecule has 2 unspecified atom stereocenters. The first kappa shape index (κ1) is 21.5. The van der Waals surface area contributed by atoms with Gasteiger partial charge in [0.05, 0.1) is 25.9 Å². The number of nitrogens with two attached hydrogens (primary N) is 1. The van der Waals surface area contributed by atoms with Gasteiger partial charge < -0.3 is 25.6 Å². The van der Waals surface area contributed by atoms with E-state index in [0.29, 0.717) is 23.5 Å². The molecule has 0 aliphatic heterocycles. The normalized spacial score (nSPS) is 14.2. The molecule has 1 rings (SSSR count). The highest BCUT2D eigenvalue weighted by Crippen LogP contribution is 2.26. The number of carbonyl (C=O) groups is 1. The van der Waals surface area contributed by atoms with Crippen molar-refractivity contribution in [2.45, 2.75) is 38.3 Å². The second kappa shape index (κ2) is 9.60. The van der Waals surface area contributed by atoms with Crippen molar-refractivity contribution in [2.24, 2.45) is 5.73 Å². The Morgan fingerprint density at radius 3 is 2.26 bits per heavy atom. The summed E-state index contributed by atoms with van der Waals surface area (Å²) in [5, 5.41) is 12.9. The van der Waals surface area contributed by atoms with Crippen LogP contribution in [0, 0.1) is 0 Å². The molecule has 2 atom stereocenters. The molecule has 0 spiro atoms. The van der Waals surface area contributed by atoms with Gasteiger partial charge in [-0.25, -0.2) is 0 Å². The molecular formula is C16H27ClN2O4. The molecule has 23 heavy (non-hydrogen) atoms. The first-order valence-electron chi connectivity index (χ1n) is 7.32. The highest BCUT2D eigenvalue weighted by molar-refractivity contribution is 5.85. The van der Waals surface area contributed by atoms with E-state index >= 15 is 0 Å². The van der Waals surface area contributed by atoms with Crippen molar-refractivity contribution in [3.63, 3.8) is 0 Å². The predicted molar refractivity (Wildman–Crippen MR) is 92.3 cm³/mol. The lowest BCUT2D eigenvalue weighted by Gasteiger charge is -2.24. The van der Waals surface area contributed by atoms with Crippen LogP contribution in [0.4, 0.5) is 0 Å². The SMILES string of the molecule is CCCC(C)(N)C(=O)NCC(O)c1cc(OC)cc(OC)c1.Cl. The highest BCUT2D eigenvalue weighted by Gasteiger charge is 2.27. The summed E-state index contributed by atoms with van der Waals surface area (Å²) >= 11 is 0. The first-order chi connectivity index (χ1) is 10.3. The van der Waals surface area contributed by atoms with Crippen LogP contribution in [0.25, 0.3) is 0 Å². The first-order valence-corrected chi connectivity index (χ1v) is 7.32. The molecule has 7 heteroatoms. The monoisotopic (exact) mass is 346 g/mol. The van der Waals surface area contributed by atoms with Crippen molar-refractivity contribution in [1.82, 2.24) is 5.32 Å². The number of benzene rings is 1. The number of amides is 1. The van der Waals surface area contributed by atoms with E-state index in [2.05, 4.69) is 5.32 Å². The number of halogens is 1. The van der Waals surface area contributed by atoms with Crippen molar-refractivity contribution in [3.8, 4) is 11.5 Å². The summed E-state index contributed by atoms with van der Waals surface area (Å²) in [6.45, 7) is 3.73. The van der Waals surface area contributed by atoms with Crippen LogP contribution in [0.2, 0.25) is 0 Å². The van der Waals surface area contributed by atoms with E-state index in [1.165, 1.54) is 14.2 Å². The average molecular weight is 347 g/mol. The van der Waals surface area contributed by atoms with Crippen molar-refractivity contribution in [1.29, 1.82) is 0 Å². The van der Waals surface area contributed by atoms with E-state index in [0.717, 1.165) is 6.42 Å². The minimum atomic E-state index is -0.930. The summed E-state index contributed by atoms with van der Waals surface area (Å²) in [7, 11) is 3.08. The van der Waals surface area contributed by atoms with E-state index in [4.69, 9.17) is 15.2 Å². The Balaban J connectivity index is 0.00000484. The Morgan fingerprint density at radius 1 is 1.30 bits per heavy atom. The van der Waals surface area contributed by atoms with Crippen LogP contribution in [0.15, 0.2) is 18.2 Å². The number of aliphatic hydroxyl groups excluding tert-OH is 1. The molecule has 1 aromatic rings. The van der Waals surface area contributed by atoms with Gasteiger partial charge in [-0.05, 0) is 31.0 Å². The average Bonchev–Trinajstić information content (AvgIpc) is 2.51. The van der Waals surface area contributed by atoms with Crippen LogP contribution < -0.4 is 20.5 Å². The summed E-state index contributed by atoms with van der Waals surface area (Å²) in [5.41, 5.74) is 5.63. The molecule has 0 radical (unpaired) electrons. The fraction of sp³-hybridized carbons (Fsp3) is 0.562. The zero-order valence-electron chi connectivity index (χ0n) is 14.1. The molecule has 0 aromatic heterocycles. The highest BCUT2D eigenvalue weighted by atomic mass is 35.5. The quantitative estimate of drug-likeness (QED) is 0.667. The number of carbonyl (C=O) groups excluding carboxylic acids is 1. The van der Waals surface area contributed by atoms with Gasteiger partial charge in [0.15, 0.2) is 0 Å². The summed E-state index contributed by atoms with van der Waals surface area (Å²) in [6, 6.07) is 5.12. The molecule has 0 aliphatic rings. The Hall–Kier alpha value is -1.50. The predicted octanol–water partition coefficient (Wildman–Crippen LogP) is 1.79. The molecule has 0 aliphatic carbocycles. The third-order valence-corrected chi connectivity index (χ3v) is 3.50. The van der Waals surface area contributed by atoms with E-state index in [9.17, 15) is 9.90 Å². The van der Waals surface area contributed by atoms with Gasteiger partial charge in [-0.1, -0.05) is 13.3 Å². The molecule has 132 valence electrons. The number of ether oxygens (including phenoxy) is 2. The molecular weight excluding hydrogens is 320 g/mol. The lowest BCUT2D eigenvalue weighted by atomic mass is 9.96. The lowest BCUT2D eigenvalue weighted by molar-refractivity contribution is -0.126. The van der Waals surface area contributed by atoms with Crippen molar-refractivity contribution in [2.75, 3.05) is 20.8 Å². The lowest BCUT2D eigenvalue weighted by Crippen LogP contribution is -2.52. The molecule has 1 aromatic carbocycles. The Labute approximate surface area is 143 Å². The summed E-state index contributed by atoms with van der Waals surface area (Å²) in [5.74, 6) is 0.881. The van der Waals surface area contributed by atoms with Crippen molar-refractivity contribution >= 4 is 18.3 Å². The maximum absolute atomic E-state index is 12.0. The van der Waals surface area contributed by atoms with Crippen LogP contribution >= 0.6 is 12.4 Å². The molecule has 4 N–H and O–H groups in total. The minimum absolute atomic E-state index is 0. The number of nitrogens with one attached hydrogen (secondary N) is 1. The molecule has 0 heterocycles. The van der Waals surface area contributed by atoms with E-state index in [1.807, 2.05) is 6.92 Å². The number of aliphatic hydroxyl groups is 1. The van der Waals surface area contributed by atoms with Gasteiger partial charge in [-0.15, -0.1) is 12.4 Å². The van der Waals surface area contributed by atoms with E-state index in [1.54, 1.807) is 25.1 Å².